The van der Waals surface area contributed by atoms with E-state index in [1.165, 1.54) is 6.20 Å². The number of nitrogens with zero attached hydrogens (tertiary/aromatic N) is 2. The summed E-state index contributed by atoms with van der Waals surface area (Å²) >= 11 is 0. The summed E-state index contributed by atoms with van der Waals surface area (Å²) in [6.07, 6.45) is 2.04. The van der Waals surface area contributed by atoms with Crippen molar-refractivity contribution < 1.29 is 15.0 Å². The van der Waals surface area contributed by atoms with Gasteiger partial charge >= 0.3 is 0 Å². The zero-order chi connectivity index (χ0) is 18.5. The minimum atomic E-state index is -0.815. The molecule has 0 bridgehead atoms. The van der Waals surface area contributed by atoms with E-state index in [0.29, 0.717) is 12.1 Å². The number of aromatic amines is 1. The van der Waals surface area contributed by atoms with E-state index in [9.17, 15) is 19.8 Å². The number of phenols is 1. The molecule has 0 saturated carbocycles. The van der Waals surface area contributed by atoms with Gasteiger partial charge in [0.15, 0.2) is 11.5 Å². The first-order valence-electron chi connectivity index (χ1n) is 7.85. The predicted molar refractivity (Wildman–Crippen MR) is 93.9 cm³/mol. The Balaban J connectivity index is 1.75. The Morgan fingerprint density at radius 3 is 2.58 bits per heavy atom. The summed E-state index contributed by atoms with van der Waals surface area (Å²) < 4.78 is 0. The Morgan fingerprint density at radius 2 is 1.88 bits per heavy atom. The smallest absolute Gasteiger partial charge is 0.294 e. The van der Waals surface area contributed by atoms with Crippen LogP contribution in [0.15, 0.2) is 53.5 Å². The topological polar surface area (TPSA) is 128 Å². The molecule has 0 atom stereocenters. The fourth-order valence-electron chi connectivity index (χ4n) is 2.32. The van der Waals surface area contributed by atoms with Crippen molar-refractivity contribution in [1.29, 1.82) is 0 Å². The second kappa shape index (κ2) is 7.47. The van der Waals surface area contributed by atoms with E-state index in [4.69, 9.17) is 0 Å². The number of carbonyl (C=O) groups is 1. The van der Waals surface area contributed by atoms with Crippen molar-refractivity contribution in [3.05, 3.63) is 70.3 Å². The standard InChI is InChI=1S/C18H16N4O4/c23-12-6-4-11(5-7-12)8-10-20-17(25)14-15(24)18(26)22-16(21-14)13-3-1-2-9-19-13/h1-7,9,23-24H,8,10H2,(H,20,25)(H,21,22,26). The highest BCUT2D eigenvalue weighted by molar-refractivity contribution is 5.95. The van der Waals surface area contributed by atoms with Crippen molar-refractivity contribution in [1.82, 2.24) is 20.3 Å². The van der Waals surface area contributed by atoms with Crippen LogP contribution in [-0.2, 0) is 6.42 Å². The van der Waals surface area contributed by atoms with Crippen molar-refractivity contribution in [3.63, 3.8) is 0 Å². The third-order valence-corrected chi connectivity index (χ3v) is 3.65. The average Bonchev–Trinajstić information content (AvgIpc) is 2.66. The van der Waals surface area contributed by atoms with Crippen LogP contribution < -0.4 is 10.9 Å². The second-order valence-corrected chi connectivity index (χ2v) is 5.50. The Hall–Kier alpha value is -3.68. The van der Waals surface area contributed by atoms with Gasteiger partial charge in [-0.2, -0.15) is 0 Å². The van der Waals surface area contributed by atoms with Crippen LogP contribution in [0.25, 0.3) is 11.5 Å². The van der Waals surface area contributed by atoms with Crippen molar-refractivity contribution >= 4 is 5.91 Å². The highest BCUT2D eigenvalue weighted by atomic mass is 16.3. The molecule has 0 aliphatic carbocycles. The number of rotatable bonds is 5. The lowest BCUT2D eigenvalue weighted by Crippen LogP contribution is -2.28. The van der Waals surface area contributed by atoms with E-state index in [0.717, 1.165) is 5.56 Å². The number of carbonyl (C=O) groups excluding carboxylic acids is 1. The zero-order valence-corrected chi connectivity index (χ0v) is 13.6. The number of nitrogens with one attached hydrogen (secondary N) is 2. The molecule has 2 aromatic heterocycles. The number of aromatic nitrogens is 3. The summed E-state index contributed by atoms with van der Waals surface area (Å²) in [5.41, 5.74) is 0.118. The summed E-state index contributed by atoms with van der Waals surface area (Å²) in [4.78, 5) is 34.7. The first-order chi connectivity index (χ1) is 12.5. The van der Waals surface area contributed by atoms with Crippen LogP contribution in [0.3, 0.4) is 0 Å². The van der Waals surface area contributed by atoms with E-state index in [1.807, 2.05) is 0 Å². The minimum absolute atomic E-state index is 0.0945. The molecule has 8 heteroatoms. The molecule has 1 aromatic carbocycles. The molecule has 0 spiro atoms. The molecule has 26 heavy (non-hydrogen) atoms. The quantitative estimate of drug-likeness (QED) is 0.546. The van der Waals surface area contributed by atoms with Gasteiger partial charge in [0, 0.05) is 12.7 Å². The van der Waals surface area contributed by atoms with Crippen LogP contribution in [0.2, 0.25) is 0 Å². The molecule has 2 heterocycles. The Kier molecular flexibility index (Phi) is 4.93. The Morgan fingerprint density at radius 1 is 1.12 bits per heavy atom. The normalized spacial score (nSPS) is 10.5. The van der Waals surface area contributed by atoms with Gasteiger partial charge in [0.05, 0.1) is 0 Å². The SMILES string of the molecule is O=C(NCCc1ccc(O)cc1)c1nc(-c2ccccn2)[nH]c(=O)c1O. The van der Waals surface area contributed by atoms with Gasteiger partial charge < -0.3 is 20.5 Å². The average molecular weight is 352 g/mol. The number of amides is 1. The van der Waals surface area contributed by atoms with Gasteiger partial charge in [0.2, 0.25) is 5.75 Å². The number of aromatic hydroxyl groups is 2. The number of pyridine rings is 1. The van der Waals surface area contributed by atoms with E-state index in [-0.39, 0.29) is 23.8 Å². The maximum Gasteiger partial charge on any atom is 0.294 e. The van der Waals surface area contributed by atoms with E-state index in [1.54, 1.807) is 42.5 Å². The molecule has 4 N–H and O–H groups in total. The van der Waals surface area contributed by atoms with Crippen LogP contribution in [0.5, 0.6) is 11.5 Å². The third-order valence-electron chi connectivity index (χ3n) is 3.65. The fraction of sp³-hybridized carbons (Fsp3) is 0.111. The molecule has 0 fully saturated rings. The van der Waals surface area contributed by atoms with Crippen LogP contribution in [-0.4, -0.2) is 37.6 Å². The van der Waals surface area contributed by atoms with Crippen molar-refractivity contribution in [2.24, 2.45) is 0 Å². The van der Waals surface area contributed by atoms with Crippen molar-refractivity contribution in [2.75, 3.05) is 6.54 Å². The summed E-state index contributed by atoms with van der Waals surface area (Å²) in [5, 5.41) is 21.7. The van der Waals surface area contributed by atoms with E-state index < -0.39 is 17.2 Å². The highest BCUT2D eigenvalue weighted by Gasteiger charge is 2.18. The molecule has 0 aliphatic heterocycles. The molecule has 1 amide bonds. The van der Waals surface area contributed by atoms with Crippen molar-refractivity contribution in [3.8, 4) is 23.0 Å². The summed E-state index contributed by atoms with van der Waals surface area (Å²) in [6.45, 7) is 0.274. The number of phenolic OH excluding ortho intramolecular Hbond substituents is 1. The van der Waals surface area contributed by atoms with Crippen molar-refractivity contribution in [2.45, 2.75) is 6.42 Å². The van der Waals surface area contributed by atoms with Crippen LogP contribution in [0.1, 0.15) is 16.1 Å². The molecule has 0 unspecified atom stereocenters. The Bertz CT molecular complexity index is 969. The largest absolute Gasteiger partial charge is 0.508 e. The molecular weight excluding hydrogens is 336 g/mol. The molecule has 0 saturated heterocycles. The number of H-pyrrole nitrogens is 1. The summed E-state index contributed by atoms with van der Waals surface area (Å²) in [7, 11) is 0. The van der Waals surface area contributed by atoms with Gasteiger partial charge in [-0.05, 0) is 36.2 Å². The van der Waals surface area contributed by atoms with Gasteiger partial charge in [-0.25, -0.2) is 4.98 Å². The van der Waals surface area contributed by atoms with E-state index >= 15 is 0 Å². The van der Waals surface area contributed by atoms with Gasteiger partial charge in [0.1, 0.15) is 11.4 Å². The lowest BCUT2D eigenvalue weighted by atomic mass is 10.1. The Labute approximate surface area is 148 Å². The first kappa shape index (κ1) is 17.2. The molecular formula is C18H16N4O4. The minimum Gasteiger partial charge on any atom is -0.508 e. The van der Waals surface area contributed by atoms with Gasteiger partial charge in [0.25, 0.3) is 11.5 Å². The monoisotopic (exact) mass is 352 g/mol. The van der Waals surface area contributed by atoms with E-state index in [2.05, 4.69) is 20.3 Å². The molecule has 132 valence electrons. The number of benzene rings is 1. The van der Waals surface area contributed by atoms with Crippen LogP contribution in [0.4, 0.5) is 0 Å². The summed E-state index contributed by atoms with van der Waals surface area (Å²) in [5.74, 6) is -1.15. The maximum atomic E-state index is 12.3. The highest BCUT2D eigenvalue weighted by Crippen LogP contribution is 2.14. The summed E-state index contributed by atoms with van der Waals surface area (Å²) in [6, 6.07) is 11.6. The van der Waals surface area contributed by atoms with Gasteiger partial charge in [-0.15, -0.1) is 0 Å². The van der Waals surface area contributed by atoms with Gasteiger partial charge in [-0.1, -0.05) is 18.2 Å². The molecule has 3 rings (SSSR count). The molecule has 8 nitrogen and oxygen atoms in total. The lowest BCUT2D eigenvalue weighted by Gasteiger charge is -2.08. The zero-order valence-electron chi connectivity index (χ0n) is 13.6. The molecule has 0 radical (unpaired) electrons. The number of hydrogen-bond acceptors (Lipinski definition) is 6. The predicted octanol–water partition coefficient (Wildman–Crippen LogP) is 1.22. The molecule has 0 aliphatic rings. The fourth-order valence-corrected chi connectivity index (χ4v) is 2.32. The third kappa shape index (κ3) is 3.86. The molecule has 3 aromatic rings. The van der Waals surface area contributed by atoms with Crippen LogP contribution >= 0.6 is 0 Å². The number of hydrogen-bond donors (Lipinski definition) is 4. The first-order valence-corrected chi connectivity index (χ1v) is 7.85. The maximum absolute atomic E-state index is 12.3. The lowest BCUT2D eigenvalue weighted by molar-refractivity contribution is 0.0946. The van der Waals surface area contributed by atoms with Gasteiger partial charge in [-0.3, -0.25) is 14.6 Å². The van der Waals surface area contributed by atoms with Crippen LogP contribution in [0, 0.1) is 0 Å². The second-order valence-electron chi connectivity index (χ2n) is 5.50.